The van der Waals surface area contributed by atoms with Gasteiger partial charge in [0, 0.05) is 12.3 Å². The molecule has 1 rings (SSSR count). The summed E-state index contributed by atoms with van der Waals surface area (Å²) in [5.41, 5.74) is 0.887. The second kappa shape index (κ2) is 13.2. The summed E-state index contributed by atoms with van der Waals surface area (Å²) in [6.07, 6.45) is 17.4. The van der Waals surface area contributed by atoms with Gasteiger partial charge in [-0.15, -0.1) is 11.6 Å². The zero-order valence-corrected chi connectivity index (χ0v) is 16.5. The summed E-state index contributed by atoms with van der Waals surface area (Å²) >= 11 is 6.17. The summed E-state index contributed by atoms with van der Waals surface area (Å²) in [5.74, 6) is 0.117. The molecule has 25 heavy (non-hydrogen) atoms. The molecule has 4 heteroatoms. The average molecular weight is 369 g/mol. The van der Waals surface area contributed by atoms with Crippen molar-refractivity contribution in [1.29, 1.82) is 0 Å². The molecule has 0 saturated heterocycles. The number of alkyl halides is 1. The maximum Gasteiger partial charge on any atom is 0.305 e. The lowest BCUT2D eigenvalue weighted by molar-refractivity contribution is -0.140. The number of hydrogen-bond donors (Lipinski definition) is 0. The lowest BCUT2D eigenvalue weighted by Crippen LogP contribution is -2.06. The summed E-state index contributed by atoms with van der Waals surface area (Å²) in [6, 6.07) is 0. The zero-order valence-electron chi connectivity index (χ0n) is 15.8. The van der Waals surface area contributed by atoms with Gasteiger partial charge in [-0.05, 0) is 44.1 Å². The van der Waals surface area contributed by atoms with Crippen LogP contribution in [0.1, 0.15) is 77.6 Å². The van der Waals surface area contributed by atoms with Gasteiger partial charge < -0.3 is 4.74 Å². The third-order valence-electron chi connectivity index (χ3n) is 4.70. The molecule has 0 aromatic rings. The number of ketones is 1. The molecule has 3 nitrogen and oxygen atoms in total. The monoisotopic (exact) mass is 368 g/mol. The molecule has 1 aliphatic carbocycles. The van der Waals surface area contributed by atoms with E-state index in [-0.39, 0.29) is 23.0 Å². The van der Waals surface area contributed by atoms with E-state index in [0.29, 0.717) is 6.42 Å². The molecular weight excluding hydrogens is 336 g/mol. The Hall–Kier alpha value is -1.09. The molecule has 2 atom stereocenters. The lowest BCUT2D eigenvalue weighted by Gasteiger charge is -2.05. The summed E-state index contributed by atoms with van der Waals surface area (Å²) < 4.78 is 4.63. The second-order valence-electron chi connectivity index (χ2n) is 6.79. The van der Waals surface area contributed by atoms with E-state index in [1.54, 1.807) is 0 Å². The highest BCUT2D eigenvalue weighted by molar-refractivity contribution is 6.35. The van der Waals surface area contributed by atoms with Crippen molar-refractivity contribution in [1.82, 2.24) is 0 Å². The first-order chi connectivity index (χ1) is 12.1. The van der Waals surface area contributed by atoms with Crippen molar-refractivity contribution in [2.24, 2.45) is 5.92 Å². The van der Waals surface area contributed by atoms with Crippen molar-refractivity contribution in [3.05, 3.63) is 23.8 Å². The summed E-state index contributed by atoms with van der Waals surface area (Å²) in [6.45, 7) is 2.22. The van der Waals surface area contributed by atoms with Crippen molar-refractivity contribution >= 4 is 23.4 Å². The van der Waals surface area contributed by atoms with E-state index in [2.05, 4.69) is 29.9 Å². The van der Waals surface area contributed by atoms with Crippen molar-refractivity contribution in [2.45, 2.75) is 82.9 Å². The Morgan fingerprint density at radius 2 is 1.88 bits per heavy atom. The van der Waals surface area contributed by atoms with Gasteiger partial charge in [-0.25, -0.2) is 0 Å². The normalized spacial score (nSPS) is 22.2. The Bertz CT molecular complexity index is 468. The summed E-state index contributed by atoms with van der Waals surface area (Å²) in [5, 5.41) is -0.375. The van der Waals surface area contributed by atoms with Crippen LogP contribution in [0.3, 0.4) is 0 Å². The van der Waals surface area contributed by atoms with Gasteiger partial charge in [0.2, 0.25) is 0 Å². The van der Waals surface area contributed by atoms with Crippen molar-refractivity contribution in [3.8, 4) is 0 Å². The van der Waals surface area contributed by atoms with Crippen molar-refractivity contribution in [3.63, 3.8) is 0 Å². The van der Waals surface area contributed by atoms with Crippen LogP contribution in [0.4, 0.5) is 0 Å². The van der Waals surface area contributed by atoms with Gasteiger partial charge in [0.05, 0.1) is 12.5 Å². The van der Waals surface area contributed by atoms with Gasteiger partial charge in [0.15, 0.2) is 5.78 Å². The Kier molecular flexibility index (Phi) is 11.6. The predicted molar refractivity (Wildman–Crippen MR) is 104 cm³/mol. The van der Waals surface area contributed by atoms with Crippen LogP contribution in [-0.2, 0) is 14.3 Å². The predicted octanol–water partition coefficient (Wildman–Crippen LogP) is 5.76. The minimum absolute atomic E-state index is 0.0943. The second-order valence-corrected chi connectivity index (χ2v) is 7.31. The highest BCUT2D eigenvalue weighted by atomic mass is 35.5. The Labute approximate surface area is 157 Å². The first kappa shape index (κ1) is 22.0. The SMILES string of the molecule is CCCCCC/C=C/[C@H]1CC(Cl)C(=O)/C1=C\CCCCCC(=O)OC. The Morgan fingerprint density at radius 3 is 2.60 bits per heavy atom. The van der Waals surface area contributed by atoms with Crippen LogP contribution < -0.4 is 0 Å². The summed E-state index contributed by atoms with van der Waals surface area (Å²) in [4.78, 5) is 23.3. The molecule has 0 N–H and O–H groups in total. The first-order valence-electron chi connectivity index (χ1n) is 9.72. The van der Waals surface area contributed by atoms with Crippen LogP contribution in [0.2, 0.25) is 0 Å². The van der Waals surface area contributed by atoms with Crippen LogP contribution >= 0.6 is 11.6 Å². The third-order valence-corrected chi connectivity index (χ3v) is 5.08. The van der Waals surface area contributed by atoms with Gasteiger partial charge in [0.1, 0.15) is 0 Å². The fourth-order valence-corrected chi connectivity index (χ4v) is 3.47. The highest BCUT2D eigenvalue weighted by Crippen LogP contribution is 2.33. The van der Waals surface area contributed by atoms with E-state index in [4.69, 9.17) is 11.6 Å². The van der Waals surface area contributed by atoms with E-state index in [1.807, 2.05) is 0 Å². The molecule has 0 aromatic heterocycles. The molecule has 1 fully saturated rings. The van der Waals surface area contributed by atoms with Crippen LogP contribution in [-0.4, -0.2) is 24.2 Å². The molecule has 0 bridgehead atoms. The van der Waals surface area contributed by atoms with E-state index in [9.17, 15) is 9.59 Å². The molecule has 0 aliphatic heterocycles. The highest BCUT2D eigenvalue weighted by Gasteiger charge is 2.34. The standard InChI is InChI=1S/C21H33ClO3/c1-3-4-5-6-7-10-13-17-16-19(22)21(24)18(17)14-11-8-9-12-15-20(23)25-2/h10,13-14,17,19H,3-9,11-12,15-16H2,1-2H3/b13-10+,18-14-/t17-,19?/m0/s1. The zero-order chi connectivity index (χ0) is 18.5. The number of hydrogen-bond acceptors (Lipinski definition) is 3. The molecule has 0 radical (unpaired) electrons. The van der Waals surface area contributed by atoms with E-state index < -0.39 is 0 Å². The third kappa shape index (κ3) is 8.71. The lowest BCUT2D eigenvalue weighted by atomic mass is 9.99. The smallest absolute Gasteiger partial charge is 0.305 e. The Balaban J connectivity index is 2.37. The fraction of sp³-hybridized carbons (Fsp3) is 0.714. The van der Waals surface area contributed by atoms with Gasteiger partial charge in [0.25, 0.3) is 0 Å². The number of carbonyl (C=O) groups excluding carboxylic acids is 2. The number of halogens is 1. The summed E-state index contributed by atoms with van der Waals surface area (Å²) in [7, 11) is 1.42. The number of carbonyl (C=O) groups is 2. The average Bonchev–Trinajstić information content (AvgIpc) is 2.88. The fourth-order valence-electron chi connectivity index (χ4n) is 3.15. The van der Waals surface area contributed by atoms with Crippen LogP contribution in [0.5, 0.6) is 0 Å². The van der Waals surface area contributed by atoms with E-state index in [1.165, 1.54) is 32.8 Å². The van der Waals surface area contributed by atoms with Crippen LogP contribution in [0.25, 0.3) is 0 Å². The van der Waals surface area contributed by atoms with Gasteiger partial charge in [-0.3, -0.25) is 9.59 Å². The van der Waals surface area contributed by atoms with E-state index >= 15 is 0 Å². The van der Waals surface area contributed by atoms with Crippen molar-refractivity contribution < 1.29 is 14.3 Å². The molecule has 0 spiro atoms. The molecule has 0 amide bonds. The quantitative estimate of drug-likeness (QED) is 0.144. The van der Waals surface area contributed by atoms with Gasteiger partial charge >= 0.3 is 5.97 Å². The van der Waals surface area contributed by atoms with Crippen molar-refractivity contribution in [2.75, 3.05) is 7.11 Å². The van der Waals surface area contributed by atoms with Gasteiger partial charge in [-0.1, -0.05) is 50.8 Å². The van der Waals surface area contributed by atoms with Crippen LogP contribution in [0.15, 0.2) is 23.8 Å². The molecule has 0 aromatic carbocycles. The van der Waals surface area contributed by atoms with Gasteiger partial charge in [-0.2, -0.15) is 0 Å². The maximum absolute atomic E-state index is 12.2. The number of methoxy groups -OCH3 is 1. The number of rotatable bonds is 12. The Morgan fingerprint density at radius 1 is 1.16 bits per heavy atom. The minimum Gasteiger partial charge on any atom is -0.469 e. The molecule has 0 heterocycles. The largest absolute Gasteiger partial charge is 0.469 e. The molecule has 142 valence electrons. The molecule has 1 saturated carbocycles. The number of esters is 1. The maximum atomic E-state index is 12.2. The number of Topliss-reactive ketones (excluding diaryl/α,β-unsaturated/α-hetero) is 1. The molecule has 1 aliphatic rings. The number of ether oxygens (including phenoxy) is 1. The minimum atomic E-state index is -0.375. The topological polar surface area (TPSA) is 43.4 Å². The number of allylic oxidation sites excluding steroid dienone is 4. The number of unbranched alkanes of at least 4 members (excludes halogenated alkanes) is 7. The van der Waals surface area contributed by atoms with E-state index in [0.717, 1.165) is 44.1 Å². The van der Waals surface area contributed by atoms with Crippen LogP contribution in [0, 0.1) is 5.92 Å². The molecule has 1 unspecified atom stereocenters. The first-order valence-corrected chi connectivity index (χ1v) is 10.2. The molecular formula is C21H33ClO3.